The second kappa shape index (κ2) is 7.12. The first kappa shape index (κ1) is 18.1. The molecule has 3 heterocycles. The van der Waals surface area contributed by atoms with E-state index in [1.165, 1.54) is 22.2 Å². The maximum Gasteiger partial charge on any atom is 0.198 e. The number of aryl methyl sites for hydroxylation is 2. The molecule has 0 spiro atoms. The Hall–Kier alpha value is -0.990. The molecule has 3 aromatic heterocycles. The van der Waals surface area contributed by atoms with Gasteiger partial charge in [-0.15, -0.1) is 21.5 Å². The fourth-order valence-corrected chi connectivity index (χ4v) is 7.06. The Morgan fingerprint density at radius 3 is 2.74 bits per heavy atom. The maximum atomic E-state index is 6.32. The van der Waals surface area contributed by atoms with Crippen LogP contribution in [0.15, 0.2) is 28.5 Å². The second-order valence-corrected chi connectivity index (χ2v) is 9.88. The summed E-state index contributed by atoms with van der Waals surface area (Å²) < 4.78 is 2.08. The highest BCUT2D eigenvalue weighted by Gasteiger charge is 2.24. The van der Waals surface area contributed by atoms with Gasteiger partial charge in [-0.1, -0.05) is 52.8 Å². The number of nitrogens with zero attached hydrogens (tertiary/aromatic N) is 4. The quantitative estimate of drug-likeness (QED) is 0.274. The molecule has 138 valence electrons. The van der Waals surface area contributed by atoms with Crippen molar-refractivity contribution in [3.8, 4) is 0 Å². The predicted octanol–water partition coefficient (Wildman–Crippen LogP) is 6.15. The molecule has 0 amide bonds. The predicted molar refractivity (Wildman–Crippen MR) is 116 cm³/mol. The lowest BCUT2D eigenvalue weighted by Gasteiger charge is -2.08. The molecule has 0 saturated carbocycles. The van der Waals surface area contributed by atoms with Crippen LogP contribution in [0.2, 0.25) is 10.0 Å². The smallest absolute Gasteiger partial charge is 0.198 e. The monoisotopic (exact) mass is 452 g/mol. The van der Waals surface area contributed by atoms with E-state index in [-0.39, 0.29) is 0 Å². The van der Waals surface area contributed by atoms with Gasteiger partial charge in [-0.2, -0.15) is 0 Å². The van der Waals surface area contributed by atoms with Gasteiger partial charge in [-0.25, -0.2) is 9.38 Å². The van der Waals surface area contributed by atoms with Crippen molar-refractivity contribution in [1.29, 1.82) is 0 Å². The van der Waals surface area contributed by atoms with Crippen LogP contribution in [-0.2, 0) is 18.6 Å². The molecule has 0 N–H and O–H groups in total. The minimum absolute atomic E-state index is 0.632. The van der Waals surface area contributed by atoms with Gasteiger partial charge in [-0.05, 0) is 48.8 Å². The van der Waals surface area contributed by atoms with Gasteiger partial charge >= 0.3 is 0 Å². The van der Waals surface area contributed by atoms with Gasteiger partial charge in [0, 0.05) is 20.7 Å². The Morgan fingerprint density at radius 1 is 1.15 bits per heavy atom. The molecule has 4 nitrogen and oxygen atoms in total. The summed E-state index contributed by atoms with van der Waals surface area (Å²) in [5.74, 6) is 0.632. The number of thioether (sulfide) groups is 2. The van der Waals surface area contributed by atoms with Crippen molar-refractivity contribution in [3.63, 3.8) is 0 Å². The number of halogens is 2. The van der Waals surface area contributed by atoms with Gasteiger partial charge < -0.3 is 0 Å². The Kier molecular flexibility index (Phi) is 4.76. The molecule has 1 aliphatic rings. The van der Waals surface area contributed by atoms with Crippen LogP contribution >= 0.6 is 58.1 Å². The van der Waals surface area contributed by atoms with Crippen LogP contribution in [-0.4, -0.2) is 25.8 Å². The average molecular weight is 453 g/mol. The summed E-state index contributed by atoms with van der Waals surface area (Å²) in [7, 11) is 0. The summed E-state index contributed by atoms with van der Waals surface area (Å²) in [5, 5.41) is 13.3. The molecule has 0 saturated heterocycles. The van der Waals surface area contributed by atoms with Gasteiger partial charge in [0.25, 0.3) is 0 Å². The summed E-state index contributed by atoms with van der Waals surface area (Å²) in [6, 6.07) is 5.57. The number of aromatic nitrogens is 4. The Labute approximate surface area is 178 Å². The average Bonchev–Trinajstić information content (AvgIpc) is 3.34. The SMILES string of the molecule is CSc1nc2sc3c(c2c2nnc(SCc4c(Cl)cccc4Cl)n12)CCC3. The van der Waals surface area contributed by atoms with E-state index < -0.39 is 0 Å². The fraction of sp³-hybridized carbons (Fsp3) is 0.278. The molecule has 0 unspecified atom stereocenters. The third-order valence-corrected chi connectivity index (χ3v) is 8.23. The molecule has 0 radical (unpaired) electrons. The van der Waals surface area contributed by atoms with Gasteiger partial charge in [-0.3, -0.25) is 0 Å². The van der Waals surface area contributed by atoms with E-state index in [9.17, 15) is 0 Å². The fourth-order valence-electron chi connectivity index (χ4n) is 3.48. The maximum absolute atomic E-state index is 6.32. The van der Waals surface area contributed by atoms with Crippen molar-refractivity contribution < 1.29 is 0 Å². The molecule has 1 aromatic carbocycles. The second-order valence-electron chi connectivity index (χ2n) is 6.27. The van der Waals surface area contributed by atoms with Gasteiger partial charge in [0.1, 0.15) is 4.83 Å². The highest BCUT2D eigenvalue weighted by atomic mass is 35.5. The van der Waals surface area contributed by atoms with E-state index >= 15 is 0 Å². The van der Waals surface area contributed by atoms with Crippen molar-refractivity contribution in [2.24, 2.45) is 0 Å². The first-order valence-corrected chi connectivity index (χ1v) is 12.2. The lowest BCUT2D eigenvalue weighted by Crippen LogP contribution is -1.97. The van der Waals surface area contributed by atoms with E-state index in [1.54, 1.807) is 34.9 Å². The number of hydrogen-bond acceptors (Lipinski definition) is 6. The minimum atomic E-state index is 0.632. The van der Waals surface area contributed by atoms with E-state index in [4.69, 9.17) is 28.2 Å². The summed E-state index contributed by atoms with van der Waals surface area (Å²) in [4.78, 5) is 7.44. The van der Waals surface area contributed by atoms with Crippen LogP contribution in [0.25, 0.3) is 15.9 Å². The summed E-state index contributed by atoms with van der Waals surface area (Å²) >= 11 is 17.6. The topological polar surface area (TPSA) is 43.1 Å². The van der Waals surface area contributed by atoms with Crippen molar-refractivity contribution in [1.82, 2.24) is 19.6 Å². The standard InChI is InChI=1S/C18H14Cl2N4S3/c1-25-17-21-16-14(9-4-2-7-13(9)27-16)15-22-23-18(24(15)17)26-8-10-11(19)5-3-6-12(10)20/h3,5-6H,2,4,7-8H2,1H3. The first-order chi connectivity index (χ1) is 13.2. The molecule has 0 fully saturated rings. The lowest BCUT2D eigenvalue weighted by molar-refractivity contribution is 0.818. The van der Waals surface area contributed by atoms with Crippen LogP contribution < -0.4 is 0 Å². The summed E-state index contributed by atoms with van der Waals surface area (Å²) in [5.41, 5.74) is 3.24. The molecule has 0 aliphatic heterocycles. The molecule has 0 bridgehead atoms. The van der Waals surface area contributed by atoms with E-state index in [2.05, 4.69) is 14.6 Å². The number of rotatable bonds is 4. The van der Waals surface area contributed by atoms with Crippen LogP contribution in [0.4, 0.5) is 0 Å². The van der Waals surface area contributed by atoms with Gasteiger partial charge in [0.15, 0.2) is 16.0 Å². The zero-order chi connectivity index (χ0) is 18.5. The minimum Gasteiger partial charge on any atom is -0.248 e. The number of thiophene rings is 1. The van der Waals surface area contributed by atoms with Crippen LogP contribution in [0, 0.1) is 0 Å². The van der Waals surface area contributed by atoms with E-state index in [0.717, 1.165) is 39.2 Å². The molecule has 27 heavy (non-hydrogen) atoms. The van der Waals surface area contributed by atoms with E-state index in [0.29, 0.717) is 15.8 Å². The van der Waals surface area contributed by atoms with Crippen molar-refractivity contribution in [3.05, 3.63) is 44.2 Å². The highest BCUT2D eigenvalue weighted by Crippen LogP contribution is 2.40. The third kappa shape index (κ3) is 2.95. The van der Waals surface area contributed by atoms with E-state index in [1.807, 2.05) is 24.5 Å². The zero-order valence-electron chi connectivity index (χ0n) is 14.3. The highest BCUT2D eigenvalue weighted by molar-refractivity contribution is 7.99. The molecule has 0 atom stereocenters. The van der Waals surface area contributed by atoms with Crippen LogP contribution in [0.3, 0.4) is 0 Å². The molecular formula is C18H14Cl2N4S3. The van der Waals surface area contributed by atoms with Gasteiger partial charge in [0.2, 0.25) is 0 Å². The zero-order valence-corrected chi connectivity index (χ0v) is 18.3. The largest absolute Gasteiger partial charge is 0.248 e. The third-order valence-electron chi connectivity index (χ3n) is 4.74. The Morgan fingerprint density at radius 2 is 1.96 bits per heavy atom. The van der Waals surface area contributed by atoms with Crippen molar-refractivity contribution >= 4 is 73.9 Å². The molecule has 5 rings (SSSR count). The van der Waals surface area contributed by atoms with Crippen molar-refractivity contribution in [2.45, 2.75) is 35.3 Å². The molecular weight excluding hydrogens is 439 g/mol. The molecule has 9 heteroatoms. The Bertz CT molecular complexity index is 1160. The number of fused-ring (bicyclic) bond motifs is 5. The molecule has 4 aromatic rings. The summed E-state index contributed by atoms with van der Waals surface area (Å²) in [6.45, 7) is 0. The van der Waals surface area contributed by atoms with Gasteiger partial charge in [0.05, 0.1) is 5.39 Å². The van der Waals surface area contributed by atoms with Crippen molar-refractivity contribution in [2.75, 3.05) is 6.26 Å². The summed E-state index contributed by atoms with van der Waals surface area (Å²) in [6.07, 6.45) is 5.51. The lowest BCUT2D eigenvalue weighted by atomic mass is 10.2. The number of benzene rings is 1. The first-order valence-electron chi connectivity index (χ1n) is 8.46. The molecule has 1 aliphatic carbocycles. The van der Waals surface area contributed by atoms with Crippen LogP contribution in [0.1, 0.15) is 22.4 Å². The normalized spacial score (nSPS) is 13.7. The van der Waals surface area contributed by atoms with Crippen LogP contribution in [0.5, 0.6) is 0 Å². The number of hydrogen-bond donors (Lipinski definition) is 0. The Balaban J connectivity index is 1.62.